The van der Waals surface area contributed by atoms with Gasteiger partial charge in [0.05, 0.1) is 0 Å². The molecule has 28 heavy (non-hydrogen) atoms. The fraction of sp³-hybridized carbons (Fsp3) is 0.320. The molecule has 0 saturated carbocycles. The van der Waals surface area contributed by atoms with E-state index in [4.69, 9.17) is 4.11 Å². The Balaban J connectivity index is 2.09. The molecule has 144 valence electrons. The molecule has 2 heterocycles. The van der Waals surface area contributed by atoms with Crippen LogP contribution in [0, 0.1) is 20.7 Å². The van der Waals surface area contributed by atoms with E-state index in [0.29, 0.717) is 5.56 Å². The van der Waals surface area contributed by atoms with Gasteiger partial charge in [-0.15, -0.1) is 0 Å². The van der Waals surface area contributed by atoms with Crippen molar-refractivity contribution in [2.75, 3.05) is 0 Å². The van der Waals surface area contributed by atoms with Crippen molar-refractivity contribution in [3.8, 4) is 11.3 Å². The molecule has 1 aliphatic heterocycles. The van der Waals surface area contributed by atoms with Crippen LogP contribution < -0.4 is 25.3 Å². The molecular weight excluding hydrogens is 370 g/mol. The number of aromatic nitrogens is 1. The third-order valence-electron chi connectivity index (χ3n) is 6.72. The Morgan fingerprint density at radius 1 is 0.786 bits per heavy atom. The third kappa shape index (κ3) is 2.60. The molecule has 0 N–H and O–H groups in total. The Labute approximate surface area is 176 Å². The number of rotatable bonds is 1. The van der Waals surface area contributed by atoms with Gasteiger partial charge < -0.3 is 0 Å². The summed E-state index contributed by atoms with van der Waals surface area (Å²) in [6, 6.07) is 15.8. The number of fused-ring (bicyclic) bond motifs is 2. The van der Waals surface area contributed by atoms with Gasteiger partial charge in [0.25, 0.3) is 0 Å². The van der Waals surface area contributed by atoms with Crippen molar-refractivity contribution in [1.29, 1.82) is 0 Å². The minimum absolute atomic E-state index is 0.428. The zero-order chi connectivity index (χ0) is 22.9. The summed E-state index contributed by atoms with van der Waals surface area (Å²) in [4.78, 5) is 0. The van der Waals surface area contributed by atoms with Crippen molar-refractivity contribution in [2.24, 2.45) is 7.05 Å². The predicted octanol–water partition coefficient (Wildman–Crippen LogP) is 3.06. The molecule has 0 radical (unpaired) electrons. The lowest BCUT2D eigenvalue weighted by Crippen LogP contribution is -2.78. The molecular formula is C25H32NSi2+. The lowest BCUT2D eigenvalue weighted by molar-refractivity contribution is -0.660. The van der Waals surface area contributed by atoms with Crippen molar-refractivity contribution in [1.82, 2.24) is 0 Å². The number of hydrogen-bond acceptors (Lipinski definition) is 0. The normalized spacial score (nSPS) is 18.5. The van der Waals surface area contributed by atoms with E-state index in [1.807, 2.05) is 24.7 Å². The average Bonchev–Trinajstić information content (AvgIpc) is 2.67. The monoisotopic (exact) mass is 405 g/mol. The van der Waals surface area contributed by atoms with Gasteiger partial charge in [0.2, 0.25) is 5.69 Å². The fourth-order valence-electron chi connectivity index (χ4n) is 5.06. The van der Waals surface area contributed by atoms with E-state index in [1.54, 1.807) is 20.7 Å². The van der Waals surface area contributed by atoms with Crippen molar-refractivity contribution in [3.63, 3.8) is 0 Å². The van der Waals surface area contributed by atoms with Crippen LogP contribution in [0.1, 0.15) is 20.8 Å². The molecule has 0 bridgehead atoms. The maximum atomic E-state index is 7.91. The van der Waals surface area contributed by atoms with E-state index < -0.39 is 23.0 Å². The molecule has 0 spiro atoms. The SMILES string of the molecule is [2H]C([2H])([2H])c1c[n+](C)c(-c2c(C)ccc3c2[Si](C)(C)c2ccccc2[Si]3(C)C)cc1C. The van der Waals surface area contributed by atoms with Gasteiger partial charge in [-0.25, -0.2) is 4.57 Å². The summed E-state index contributed by atoms with van der Waals surface area (Å²) in [5, 5.41) is 6.22. The van der Waals surface area contributed by atoms with Gasteiger partial charge >= 0.3 is 0 Å². The van der Waals surface area contributed by atoms with Crippen LogP contribution in [-0.4, -0.2) is 16.1 Å². The summed E-state index contributed by atoms with van der Waals surface area (Å²) in [7, 11) is -1.82. The number of aryl methyl sites for hydroxylation is 4. The van der Waals surface area contributed by atoms with Crippen LogP contribution >= 0.6 is 0 Å². The summed E-state index contributed by atoms with van der Waals surface area (Å²) in [5.41, 5.74) is 4.95. The average molecular weight is 406 g/mol. The Kier molecular flexibility index (Phi) is 3.55. The third-order valence-corrected chi connectivity index (χ3v) is 14.3. The summed E-state index contributed by atoms with van der Waals surface area (Å²) in [5.74, 6) is 0. The molecule has 3 aromatic rings. The topological polar surface area (TPSA) is 3.88 Å². The van der Waals surface area contributed by atoms with E-state index in [0.717, 1.165) is 11.3 Å². The highest BCUT2D eigenvalue weighted by Gasteiger charge is 2.46. The van der Waals surface area contributed by atoms with Crippen LogP contribution in [0.2, 0.25) is 26.2 Å². The molecule has 1 aromatic heterocycles. The van der Waals surface area contributed by atoms with Gasteiger partial charge in [-0.2, -0.15) is 0 Å². The summed E-state index contributed by atoms with van der Waals surface area (Å²) >= 11 is 0. The van der Waals surface area contributed by atoms with Crippen molar-refractivity contribution < 1.29 is 8.68 Å². The van der Waals surface area contributed by atoms with Crippen LogP contribution in [-0.2, 0) is 7.05 Å². The Hall–Kier alpha value is -1.98. The molecule has 1 nitrogen and oxygen atoms in total. The molecule has 1 aliphatic rings. The first-order valence-corrected chi connectivity index (χ1v) is 16.0. The smallest absolute Gasteiger partial charge is 0.201 e. The highest BCUT2D eigenvalue weighted by Crippen LogP contribution is 2.26. The summed E-state index contributed by atoms with van der Waals surface area (Å²) in [6.07, 6.45) is 1.81. The molecule has 0 unspecified atom stereocenters. The Morgan fingerprint density at radius 2 is 1.43 bits per heavy atom. The Bertz CT molecular complexity index is 1210. The van der Waals surface area contributed by atoms with Crippen LogP contribution in [0.3, 0.4) is 0 Å². The van der Waals surface area contributed by atoms with Crippen molar-refractivity contribution in [2.45, 2.75) is 46.9 Å². The van der Waals surface area contributed by atoms with Gasteiger partial charge in [-0.3, -0.25) is 0 Å². The quantitative estimate of drug-likeness (QED) is 0.433. The minimum atomic E-state index is -2.10. The molecule has 0 aliphatic carbocycles. The van der Waals surface area contributed by atoms with E-state index in [-0.39, 0.29) is 0 Å². The zero-order valence-corrected chi connectivity index (χ0v) is 20.1. The highest BCUT2D eigenvalue weighted by molar-refractivity contribution is 7.16. The summed E-state index contributed by atoms with van der Waals surface area (Å²) < 4.78 is 25.7. The van der Waals surface area contributed by atoms with Gasteiger partial charge in [0, 0.05) is 21.3 Å². The number of nitrogens with zero attached hydrogens (tertiary/aromatic N) is 1. The summed E-state index contributed by atoms with van der Waals surface area (Å²) in [6.45, 7) is 11.9. The van der Waals surface area contributed by atoms with E-state index >= 15 is 0 Å². The molecule has 3 heteroatoms. The number of hydrogen-bond donors (Lipinski definition) is 0. The largest absolute Gasteiger partial charge is 0.212 e. The van der Waals surface area contributed by atoms with E-state index in [1.165, 1.54) is 11.1 Å². The molecule has 0 saturated heterocycles. The van der Waals surface area contributed by atoms with Crippen molar-refractivity contribution >= 4 is 36.9 Å². The Morgan fingerprint density at radius 3 is 2.07 bits per heavy atom. The van der Waals surface area contributed by atoms with Gasteiger partial charge in [-0.1, -0.05) is 78.1 Å². The lowest BCUT2D eigenvalue weighted by Gasteiger charge is -2.43. The van der Waals surface area contributed by atoms with Crippen LogP contribution in [0.25, 0.3) is 11.3 Å². The van der Waals surface area contributed by atoms with Gasteiger partial charge in [0.15, 0.2) is 6.20 Å². The first-order valence-electron chi connectivity index (χ1n) is 11.5. The first kappa shape index (κ1) is 15.9. The number of benzene rings is 2. The minimum Gasteiger partial charge on any atom is -0.201 e. The zero-order valence-electron chi connectivity index (χ0n) is 21.1. The van der Waals surface area contributed by atoms with Crippen LogP contribution in [0.15, 0.2) is 48.7 Å². The predicted molar refractivity (Wildman–Crippen MR) is 127 cm³/mol. The molecule has 0 amide bonds. The molecule has 4 rings (SSSR count). The van der Waals surface area contributed by atoms with Crippen LogP contribution in [0.5, 0.6) is 0 Å². The fourth-order valence-corrected chi connectivity index (χ4v) is 14.9. The maximum absolute atomic E-state index is 7.91. The first-order chi connectivity index (χ1) is 14.3. The van der Waals surface area contributed by atoms with Gasteiger partial charge in [-0.05, 0) is 37.0 Å². The number of pyridine rings is 1. The van der Waals surface area contributed by atoms with Crippen molar-refractivity contribution in [3.05, 3.63) is 65.4 Å². The van der Waals surface area contributed by atoms with E-state index in [9.17, 15) is 0 Å². The second kappa shape index (κ2) is 6.26. The molecule has 0 atom stereocenters. The lowest BCUT2D eigenvalue weighted by atomic mass is 10.0. The van der Waals surface area contributed by atoms with Gasteiger partial charge in [0.1, 0.15) is 23.2 Å². The maximum Gasteiger partial charge on any atom is 0.212 e. The van der Waals surface area contributed by atoms with Crippen LogP contribution in [0.4, 0.5) is 0 Å². The second-order valence-corrected chi connectivity index (χ2v) is 18.0. The highest BCUT2D eigenvalue weighted by atomic mass is 28.3. The van der Waals surface area contributed by atoms with E-state index in [2.05, 4.69) is 75.6 Å². The standard InChI is InChI=1S/C25H32NSi2/c1-17-13-14-23-25(24(17)20-15-18(2)19(3)16-26(20)4)28(7,8)22-12-10-9-11-21(22)27(23,5)6/h9-16H,1-8H3/q+1/i3D3. The molecule has 0 fully saturated rings. The second-order valence-electron chi connectivity index (χ2n) is 9.34. The molecule has 2 aromatic carbocycles.